The Kier molecular flexibility index (Phi) is 6.80. The molecule has 1 aromatic carbocycles. The van der Waals surface area contributed by atoms with E-state index in [1.165, 1.54) is 0 Å². The summed E-state index contributed by atoms with van der Waals surface area (Å²) in [5, 5.41) is 12.1. The third kappa shape index (κ3) is 4.94. The van der Waals surface area contributed by atoms with Crippen LogP contribution in [0.4, 0.5) is 5.69 Å². The van der Waals surface area contributed by atoms with Crippen LogP contribution in [0.2, 0.25) is 5.02 Å². The second-order valence-electron chi connectivity index (χ2n) is 6.10. The third-order valence-electron chi connectivity index (χ3n) is 4.47. The predicted molar refractivity (Wildman–Crippen MR) is 97.3 cm³/mol. The molecule has 0 spiro atoms. The summed E-state index contributed by atoms with van der Waals surface area (Å²) in [7, 11) is 0. The number of halogens is 1. The first-order valence-electron chi connectivity index (χ1n) is 8.48. The molecule has 25 heavy (non-hydrogen) atoms. The maximum Gasteiger partial charge on any atom is 0.241 e. The molecular formula is C18H23ClN4O2. The van der Waals surface area contributed by atoms with Crippen molar-refractivity contribution < 1.29 is 9.59 Å². The third-order valence-corrected chi connectivity index (χ3v) is 4.78. The number of nitriles is 1. The molecule has 0 aromatic heterocycles. The van der Waals surface area contributed by atoms with E-state index in [2.05, 4.69) is 10.2 Å². The highest BCUT2D eigenvalue weighted by Crippen LogP contribution is 2.20. The summed E-state index contributed by atoms with van der Waals surface area (Å²) in [4.78, 5) is 28.3. The number of rotatable bonds is 4. The Morgan fingerprint density at radius 3 is 2.72 bits per heavy atom. The summed E-state index contributed by atoms with van der Waals surface area (Å²) in [6.07, 6.45) is 1.36. The average molecular weight is 363 g/mol. The van der Waals surface area contributed by atoms with E-state index < -0.39 is 0 Å². The van der Waals surface area contributed by atoms with Gasteiger partial charge in [0, 0.05) is 38.3 Å². The second-order valence-corrected chi connectivity index (χ2v) is 6.50. The lowest BCUT2D eigenvalue weighted by Gasteiger charge is -2.27. The minimum absolute atomic E-state index is 0.129. The maximum atomic E-state index is 12.5. The first kappa shape index (κ1) is 19.2. The van der Waals surface area contributed by atoms with Gasteiger partial charge in [0.2, 0.25) is 11.8 Å². The van der Waals surface area contributed by atoms with Crippen molar-refractivity contribution in [2.75, 3.05) is 31.5 Å². The lowest BCUT2D eigenvalue weighted by molar-refractivity contribution is -0.130. The number of benzene rings is 1. The fraction of sp³-hybridized carbons (Fsp3) is 0.500. The fourth-order valence-electron chi connectivity index (χ4n) is 2.89. The number of nitrogens with zero attached hydrogens (tertiary/aromatic N) is 3. The van der Waals surface area contributed by atoms with Gasteiger partial charge < -0.3 is 10.2 Å². The zero-order chi connectivity index (χ0) is 18.4. The molecule has 0 bridgehead atoms. The molecule has 2 amide bonds. The minimum atomic E-state index is -0.314. The molecule has 0 radical (unpaired) electrons. The number of hydrogen-bond donors (Lipinski definition) is 1. The van der Waals surface area contributed by atoms with Crippen LogP contribution < -0.4 is 5.32 Å². The molecule has 1 aliphatic heterocycles. The Labute approximate surface area is 153 Å². The van der Waals surface area contributed by atoms with Crippen molar-refractivity contribution in [3.63, 3.8) is 0 Å². The fourth-order valence-corrected chi connectivity index (χ4v) is 3.12. The molecule has 1 atom stereocenters. The van der Waals surface area contributed by atoms with Crippen LogP contribution in [0.1, 0.15) is 32.3 Å². The van der Waals surface area contributed by atoms with Gasteiger partial charge in [-0.15, -0.1) is 0 Å². The lowest BCUT2D eigenvalue weighted by Crippen LogP contribution is -2.44. The molecule has 1 aliphatic rings. The highest BCUT2D eigenvalue weighted by Gasteiger charge is 2.25. The number of carbonyl (C=O) groups excluding carboxylic acids is 2. The van der Waals surface area contributed by atoms with Crippen LogP contribution in [0.15, 0.2) is 18.2 Å². The number of amides is 2. The zero-order valence-electron chi connectivity index (χ0n) is 14.6. The summed E-state index contributed by atoms with van der Waals surface area (Å²) in [5.41, 5.74) is 0.944. The maximum absolute atomic E-state index is 12.5. The number of anilines is 1. The molecule has 134 valence electrons. The smallest absolute Gasteiger partial charge is 0.241 e. The van der Waals surface area contributed by atoms with E-state index >= 15 is 0 Å². The van der Waals surface area contributed by atoms with Crippen LogP contribution in [-0.4, -0.2) is 53.8 Å². The largest absolute Gasteiger partial charge is 0.341 e. The molecule has 1 fully saturated rings. The molecule has 0 saturated carbocycles. The molecule has 0 aliphatic carbocycles. The zero-order valence-corrected chi connectivity index (χ0v) is 15.3. The quantitative estimate of drug-likeness (QED) is 0.892. The van der Waals surface area contributed by atoms with Crippen LogP contribution in [0.5, 0.6) is 0 Å². The molecule has 1 saturated heterocycles. The monoisotopic (exact) mass is 362 g/mol. The van der Waals surface area contributed by atoms with E-state index in [1.54, 1.807) is 18.2 Å². The summed E-state index contributed by atoms with van der Waals surface area (Å²) in [6, 6.07) is 6.51. The second kappa shape index (κ2) is 8.84. The van der Waals surface area contributed by atoms with Crippen molar-refractivity contribution in [3.8, 4) is 6.07 Å². The van der Waals surface area contributed by atoms with E-state index in [0.29, 0.717) is 35.8 Å². The Balaban J connectivity index is 1.96. The minimum Gasteiger partial charge on any atom is -0.341 e. The number of hydrogen-bond acceptors (Lipinski definition) is 4. The Morgan fingerprint density at radius 2 is 2.08 bits per heavy atom. The van der Waals surface area contributed by atoms with Gasteiger partial charge in [-0.05, 0) is 31.5 Å². The van der Waals surface area contributed by atoms with Gasteiger partial charge in [-0.3, -0.25) is 14.5 Å². The van der Waals surface area contributed by atoms with Gasteiger partial charge in [0.05, 0.1) is 16.6 Å². The van der Waals surface area contributed by atoms with E-state index in [9.17, 15) is 9.59 Å². The first-order chi connectivity index (χ1) is 12.0. The summed E-state index contributed by atoms with van der Waals surface area (Å²) in [5.74, 6) is 0.0298. The van der Waals surface area contributed by atoms with Gasteiger partial charge in [-0.1, -0.05) is 18.5 Å². The Hall–Kier alpha value is -2.10. The van der Waals surface area contributed by atoms with Crippen LogP contribution in [0.25, 0.3) is 0 Å². The first-order valence-corrected chi connectivity index (χ1v) is 8.86. The summed E-state index contributed by atoms with van der Waals surface area (Å²) in [6.45, 7) is 6.56. The van der Waals surface area contributed by atoms with Crippen molar-refractivity contribution >= 4 is 29.1 Å². The molecular weight excluding hydrogens is 340 g/mol. The normalized spacial score (nSPS) is 16.6. The van der Waals surface area contributed by atoms with E-state index in [-0.39, 0.29) is 17.9 Å². The standard InChI is InChI=1S/C18H23ClN4O2/c1-3-17(24)23-8-4-7-22(9-10-23)13(2)18(25)21-15-6-5-14(12-20)16(19)11-15/h5-6,11,13H,3-4,7-10H2,1-2H3,(H,21,25). The van der Waals surface area contributed by atoms with Gasteiger partial charge >= 0.3 is 0 Å². The molecule has 1 unspecified atom stereocenters. The van der Waals surface area contributed by atoms with Gasteiger partial charge in [0.15, 0.2) is 0 Å². The lowest BCUT2D eigenvalue weighted by atomic mass is 10.2. The van der Waals surface area contributed by atoms with E-state index in [1.807, 2.05) is 24.8 Å². The van der Waals surface area contributed by atoms with E-state index in [4.69, 9.17) is 16.9 Å². The highest BCUT2D eigenvalue weighted by atomic mass is 35.5. The van der Waals surface area contributed by atoms with Crippen molar-refractivity contribution in [2.45, 2.75) is 32.7 Å². The van der Waals surface area contributed by atoms with Crippen LogP contribution in [-0.2, 0) is 9.59 Å². The SMILES string of the molecule is CCC(=O)N1CCCN(C(C)C(=O)Nc2ccc(C#N)c(Cl)c2)CC1. The van der Waals surface area contributed by atoms with Gasteiger partial charge in [0.1, 0.15) is 6.07 Å². The van der Waals surface area contributed by atoms with Crippen LogP contribution >= 0.6 is 11.6 Å². The van der Waals surface area contributed by atoms with Crippen molar-refractivity contribution in [2.24, 2.45) is 0 Å². The van der Waals surface area contributed by atoms with Gasteiger partial charge in [-0.25, -0.2) is 0 Å². The Morgan fingerprint density at radius 1 is 1.32 bits per heavy atom. The van der Waals surface area contributed by atoms with Crippen LogP contribution in [0, 0.1) is 11.3 Å². The van der Waals surface area contributed by atoms with E-state index in [0.717, 1.165) is 19.5 Å². The number of nitrogens with one attached hydrogen (secondary N) is 1. The summed E-state index contributed by atoms with van der Waals surface area (Å²) >= 11 is 6.00. The number of carbonyl (C=O) groups is 2. The molecule has 1 heterocycles. The van der Waals surface area contributed by atoms with Gasteiger partial charge in [-0.2, -0.15) is 5.26 Å². The average Bonchev–Trinajstić information content (AvgIpc) is 2.86. The summed E-state index contributed by atoms with van der Waals surface area (Å²) < 4.78 is 0. The highest BCUT2D eigenvalue weighted by molar-refractivity contribution is 6.32. The van der Waals surface area contributed by atoms with Gasteiger partial charge in [0.25, 0.3) is 0 Å². The molecule has 1 aromatic rings. The topological polar surface area (TPSA) is 76.4 Å². The molecule has 2 rings (SSSR count). The van der Waals surface area contributed by atoms with Crippen molar-refractivity contribution in [1.29, 1.82) is 5.26 Å². The molecule has 6 nitrogen and oxygen atoms in total. The molecule has 1 N–H and O–H groups in total. The van der Waals surface area contributed by atoms with Crippen molar-refractivity contribution in [1.82, 2.24) is 9.80 Å². The Bertz CT molecular complexity index is 686. The molecule has 7 heteroatoms. The van der Waals surface area contributed by atoms with Crippen molar-refractivity contribution in [3.05, 3.63) is 28.8 Å². The predicted octanol–water partition coefficient (Wildman–Crippen LogP) is 2.48. The van der Waals surface area contributed by atoms with Crippen LogP contribution in [0.3, 0.4) is 0 Å².